The summed E-state index contributed by atoms with van der Waals surface area (Å²) in [7, 11) is 0.387. The van der Waals surface area contributed by atoms with E-state index < -0.39 is 21.9 Å². The molecular weight excluding hydrogens is 556 g/mol. The second-order valence-electron chi connectivity index (χ2n) is 12.2. The minimum absolute atomic E-state index is 0.0214. The summed E-state index contributed by atoms with van der Waals surface area (Å²) in [4.78, 5) is 31.0. The zero-order valence-corrected chi connectivity index (χ0v) is 25.0. The summed E-state index contributed by atoms with van der Waals surface area (Å²) in [6.45, 7) is 7.31. The van der Waals surface area contributed by atoms with Gasteiger partial charge in [-0.2, -0.15) is 9.97 Å². The van der Waals surface area contributed by atoms with E-state index in [4.69, 9.17) is 19.4 Å². The second kappa shape index (κ2) is 10.6. The third-order valence-corrected chi connectivity index (χ3v) is 11.4. The quantitative estimate of drug-likeness (QED) is 0.453. The van der Waals surface area contributed by atoms with E-state index in [1.807, 2.05) is 7.05 Å². The maximum Gasteiger partial charge on any atom is 0.319 e. The fourth-order valence-electron chi connectivity index (χ4n) is 7.67. The lowest BCUT2D eigenvalue weighted by Gasteiger charge is -2.44. The van der Waals surface area contributed by atoms with Crippen molar-refractivity contribution in [3.8, 4) is 6.01 Å². The van der Waals surface area contributed by atoms with E-state index in [1.54, 1.807) is 12.0 Å². The molecule has 5 atom stereocenters. The van der Waals surface area contributed by atoms with Crippen LogP contribution in [0.4, 0.5) is 5.82 Å². The number of amides is 1. The minimum Gasteiger partial charge on any atom is -0.456 e. The summed E-state index contributed by atoms with van der Waals surface area (Å²) in [6, 6.07) is 8.37. The molecule has 11 nitrogen and oxygen atoms in total. The number of rotatable bonds is 6. The molecule has 3 unspecified atom stereocenters. The smallest absolute Gasteiger partial charge is 0.319 e. The standard InChI is InChI=1S/C30H38N6O5S/c1-4-28(37)35-11-12-36(25-18-42(38,39)17-24(25)35)29-21-13-34(23-10-9-19-7-5-6-8-20(19)23)14-22(21)31-30(32-29)41-27-16-33(2)15-26(27)40-3/h4-8,23-27H,1,9-18H2,2-3H3/t23?,24?,25?,26-,27-/m1/s1. The van der Waals surface area contributed by atoms with E-state index in [0.29, 0.717) is 38.7 Å². The molecule has 0 N–H and O–H groups in total. The van der Waals surface area contributed by atoms with Gasteiger partial charge < -0.3 is 19.3 Å². The number of piperazine rings is 1. The number of anilines is 1. The minimum atomic E-state index is -3.34. The lowest BCUT2D eigenvalue weighted by molar-refractivity contribution is -0.128. The van der Waals surface area contributed by atoms with Crippen molar-refractivity contribution < 1.29 is 22.7 Å². The molecule has 7 rings (SSSR count). The number of likely N-dealkylation sites (N-methyl/N-ethyl adjacent to an activating group) is 1. The Labute approximate surface area is 247 Å². The van der Waals surface area contributed by atoms with Crippen LogP contribution in [0.3, 0.4) is 0 Å². The number of aromatic nitrogens is 2. The predicted octanol–water partition coefficient (Wildman–Crippen LogP) is 1.19. The average molecular weight is 595 g/mol. The lowest BCUT2D eigenvalue weighted by atomic mass is 10.0. The van der Waals surface area contributed by atoms with Crippen molar-refractivity contribution >= 4 is 21.6 Å². The molecule has 2 aromatic rings. The number of sulfone groups is 1. The number of hydrogen-bond acceptors (Lipinski definition) is 10. The first-order chi connectivity index (χ1) is 20.2. The predicted molar refractivity (Wildman–Crippen MR) is 157 cm³/mol. The summed E-state index contributed by atoms with van der Waals surface area (Å²) < 4.78 is 38.0. The zero-order valence-electron chi connectivity index (χ0n) is 24.2. The van der Waals surface area contributed by atoms with Crippen LogP contribution in [-0.2, 0) is 38.9 Å². The van der Waals surface area contributed by atoms with Gasteiger partial charge in [-0.1, -0.05) is 30.8 Å². The van der Waals surface area contributed by atoms with Gasteiger partial charge in [0, 0.05) is 58.0 Å². The third kappa shape index (κ3) is 4.78. The van der Waals surface area contributed by atoms with Gasteiger partial charge in [-0.25, -0.2) is 8.42 Å². The molecule has 1 aromatic heterocycles. The van der Waals surface area contributed by atoms with Crippen molar-refractivity contribution in [3.63, 3.8) is 0 Å². The first kappa shape index (κ1) is 27.8. The lowest BCUT2D eigenvalue weighted by Crippen LogP contribution is -2.61. The molecular formula is C30H38N6O5S. The number of carbonyl (C=O) groups excluding carboxylic acids is 1. The summed E-state index contributed by atoms with van der Waals surface area (Å²) in [5.41, 5.74) is 4.70. The molecule has 1 aromatic carbocycles. The van der Waals surface area contributed by atoms with E-state index in [2.05, 4.69) is 45.5 Å². The maximum atomic E-state index is 12.9. The Morgan fingerprint density at radius 1 is 1.07 bits per heavy atom. The van der Waals surface area contributed by atoms with Crippen LogP contribution in [0.1, 0.15) is 34.8 Å². The van der Waals surface area contributed by atoms with Crippen LogP contribution in [0.5, 0.6) is 6.01 Å². The van der Waals surface area contributed by atoms with Gasteiger partial charge in [0.2, 0.25) is 5.91 Å². The van der Waals surface area contributed by atoms with Crippen LogP contribution in [0.15, 0.2) is 36.9 Å². The van der Waals surface area contributed by atoms with E-state index in [1.165, 1.54) is 17.2 Å². The molecule has 42 heavy (non-hydrogen) atoms. The van der Waals surface area contributed by atoms with Crippen molar-refractivity contribution in [1.82, 2.24) is 24.7 Å². The first-order valence-corrected chi connectivity index (χ1v) is 16.6. The molecule has 0 saturated carbocycles. The highest BCUT2D eigenvalue weighted by molar-refractivity contribution is 7.91. The highest BCUT2D eigenvalue weighted by Gasteiger charge is 2.49. The summed E-state index contributed by atoms with van der Waals surface area (Å²) in [6.07, 6.45) is 3.06. The summed E-state index contributed by atoms with van der Waals surface area (Å²) in [5, 5.41) is 0. The normalized spacial score (nSPS) is 30.3. The Kier molecular flexibility index (Phi) is 6.99. The molecule has 0 bridgehead atoms. The van der Waals surface area contributed by atoms with Gasteiger partial charge in [0.05, 0.1) is 29.3 Å². The highest BCUT2D eigenvalue weighted by atomic mass is 32.2. The fraction of sp³-hybridized carbons (Fsp3) is 0.567. The number of likely N-dealkylation sites (tertiary alicyclic amines) is 1. The number of fused-ring (bicyclic) bond motifs is 3. The van der Waals surface area contributed by atoms with Gasteiger partial charge in [0.1, 0.15) is 18.0 Å². The van der Waals surface area contributed by atoms with Gasteiger partial charge in [0.15, 0.2) is 9.84 Å². The van der Waals surface area contributed by atoms with Gasteiger partial charge >= 0.3 is 6.01 Å². The van der Waals surface area contributed by atoms with Gasteiger partial charge in [0.25, 0.3) is 0 Å². The molecule has 1 aliphatic carbocycles. The molecule has 224 valence electrons. The zero-order chi connectivity index (χ0) is 29.2. The Balaban J connectivity index is 1.26. The topological polar surface area (TPSA) is 108 Å². The van der Waals surface area contributed by atoms with Crippen LogP contribution in [0.25, 0.3) is 0 Å². The number of benzene rings is 1. The van der Waals surface area contributed by atoms with E-state index >= 15 is 0 Å². The number of hydrogen-bond donors (Lipinski definition) is 0. The molecule has 0 spiro atoms. The van der Waals surface area contributed by atoms with E-state index in [-0.39, 0.29) is 35.7 Å². The Morgan fingerprint density at radius 2 is 1.86 bits per heavy atom. The summed E-state index contributed by atoms with van der Waals surface area (Å²) in [5.74, 6) is 0.411. The fourth-order valence-corrected chi connectivity index (χ4v) is 9.65. The van der Waals surface area contributed by atoms with E-state index in [9.17, 15) is 13.2 Å². The molecule has 3 fully saturated rings. The average Bonchev–Trinajstić information content (AvgIpc) is 3.74. The van der Waals surface area contributed by atoms with Gasteiger partial charge in [-0.05, 0) is 37.1 Å². The molecule has 1 amide bonds. The van der Waals surface area contributed by atoms with Crippen molar-refractivity contribution in [1.29, 1.82) is 0 Å². The van der Waals surface area contributed by atoms with Crippen molar-refractivity contribution in [2.75, 3.05) is 56.7 Å². The monoisotopic (exact) mass is 594 g/mol. The molecule has 5 heterocycles. The van der Waals surface area contributed by atoms with Crippen molar-refractivity contribution in [3.05, 3.63) is 59.3 Å². The van der Waals surface area contributed by atoms with Crippen molar-refractivity contribution in [2.24, 2.45) is 0 Å². The number of nitrogens with zero attached hydrogens (tertiary/aromatic N) is 6. The number of methoxy groups -OCH3 is 1. The molecule has 5 aliphatic rings. The third-order valence-electron chi connectivity index (χ3n) is 9.67. The van der Waals surface area contributed by atoms with Gasteiger partial charge in [-0.3, -0.25) is 14.6 Å². The number of aryl methyl sites for hydroxylation is 1. The molecule has 12 heteroatoms. The van der Waals surface area contributed by atoms with Crippen LogP contribution >= 0.6 is 0 Å². The van der Waals surface area contributed by atoms with Gasteiger partial charge in [-0.15, -0.1) is 0 Å². The SMILES string of the molecule is C=CC(=O)N1CCN(c2nc(O[C@@H]3CN(C)C[C@H]3OC)nc3c2CN(C2CCc4ccccc42)C3)C2CS(=O)(=O)CC21. The second-order valence-corrected chi connectivity index (χ2v) is 14.4. The van der Waals surface area contributed by atoms with Crippen LogP contribution < -0.4 is 9.64 Å². The molecule has 3 saturated heterocycles. The first-order valence-electron chi connectivity index (χ1n) is 14.7. The van der Waals surface area contributed by atoms with Crippen LogP contribution in [-0.4, -0.2) is 115 Å². The van der Waals surface area contributed by atoms with E-state index in [0.717, 1.165) is 36.5 Å². The Bertz CT molecular complexity index is 1520. The maximum absolute atomic E-state index is 12.9. The van der Waals surface area contributed by atoms with Crippen molar-refractivity contribution in [2.45, 2.75) is 56.3 Å². The van der Waals surface area contributed by atoms with Crippen LogP contribution in [0, 0.1) is 0 Å². The summed E-state index contributed by atoms with van der Waals surface area (Å²) >= 11 is 0. The Morgan fingerprint density at radius 3 is 2.67 bits per heavy atom. The molecule has 0 radical (unpaired) electrons. The van der Waals surface area contributed by atoms with Crippen LogP contribution in [0.2, 0.25) is 0 Å². The molecule has 4 aliphatic heterocycles. The highest BCUT2D eigenvalue weighted by Crippen LogP contribution is 2.43. The Hall–Kier alpha value is -3.06. The largest absolute Gasteiger partial charge is 0.456 e. The number of carbonyl (C=O) groups is 1. The number of ether oxygens (including phenoxy) is 2.